The molecule has 0 saturated heterocycles. The van der Waals surface area contributed by atoms with Crippen LogP contribution < -0.4 is 5.84 Å². The molecule has 0 aliphatic rings. The first-order chi connectivity index (χ1) is 17.6. The summed E-state index contributed by atoms with van der Waals surface area (Å²) in [6.45, 7) is 4.51. The first-order valence-electron chi connectivity index (χ1n) is 12.5. The summed E-state index contributed by atoms with van der Waals surface area (Å²) in [5.41, 5.74) is 10.7. The number of aromatic nitrogens is 2. The lowest BCUT2D eigenvalue weighted by atomic mass is 9.91. The van der Waals surface area contributed by atoms with Crippen LogP contribution in [-0.2, 0) is 0 Å². The molecular weight excluding hydrogens is 438 g/mol. The number of rotatable bonds is 3. The Morgan fingerprint density at radius 1 is 0.639 bits per heavy atom. The minimum atomic E-state index is 0.453. The molecule has 0 spiro atoms. The van der Waals surface area contributed by atoms with Crippen LogP contribution >= 0.6 is 0 Å². The van der Waals surface area contributed by atoms with Crippen LogP contribution in [0, 0.1) is 0 Å². The molecule has 0 aliphatic heterocycles. The van der Waals surface area contributed by atoms with Gasteiger partial charge in [0.1, 0.15) is 0 Å². The van der Waals surface area contributed by atoms with Crippen LogP contribution in [0.2, 0.25) is 0 Å². The molecule has 0 bridgehead atoms. The van der Waals surface area contributed by atoms with Crippen molar-refractivity contribution in [3.63, 3.8) is 0 Å². The molecule has 0 fully saturated rings. The highest BCUT2D eigenvalue weighted by atomic mass is 15.3. The summed E-state index contributed by atoms with van der Waals surface area (Å²) in [5.74, 6) is 6.89. The lowest BCUT2D eigenvalue weighted by Crippen LogP contribution is -2.06. The maximum atomic E-state index is 6.43. The number of nitrogens with one attached hydrogen (secondary N) is 1. The Morgan fingerprint density at radius 3 is 2.19 bits per heavy atom. The highest BCUT2D eigenvalue weighted by Crippen LogP contribution is 2.41. The molecule has 0 atom stereocenters. The van der Waals surface area contributed by atoms with Gasteiger partial charge in [-0.1, -0.05) is 92.7 Å². The number of para-hydroxylation sites is 2. The smallest absolute Gasteiger partial charge is 0.0704 e. The van der Waals surface area contributed by atoms with Crippen LogP contribution in [-0.4, -0.2) is 9.66 Å². The lowest BCUT2D eigenvalue weighted by molar-refractivity contribution is 0.874. The fourth-order valence-electron chi connectivity index (χ4n) is 5.85. The Hall–Kier alpha value is -4.50. The zero-order valence-electron chi connectivity index (χ0n) is 20.4. The van der Waals surface area contributed by atoms with E-state index in [-0.39, 0.29) is 0 Å². The maximum absolute atomic E-state index is 6.43. The lowest BCUT2D eigenvalue weighted by Gasteiger charge is -2.12. The number of hydrogen-bond acceptors (Lipinski definition) is 1. The zero-order chi connectivity index (χ0) is 24.4. The molecule has 7 aromatic rings. The summed E-state index contributed by atoms with van der Waals surface area (Å²) < 4.78 is 1.79. The van der Waals surface area contributed by atoms with E-state index in [4.69, 9.17) is 5.84 Å². The zero-order valence-corrected chi connectivity index (χ0v) is 20.4. The first kappa shape index (κ1) is 20.8. The van der Waals surface area contributed by atoms with E-state index in [0.29, 0.717) is 5.92 Å². The topological polar surface area (TPSA) is 46.7 Å². The van der Waals surface area contributed by atoms with Crippen molar-refractivity contribution in [2.24, 2.45) is 0 Å². The van der Waals surface area contributed by atoms with Gasteiger partial charge in [0.25, 0.3) is 0 Å². The molecule has 5 aromatic carbocycles. The normalized spacial score (nSPS) is 12.0. The van der Waals surface area contributed by atoms with Gasteiger partial charge in [-0.25, -0.2) is 0 Å². The van der Waals surface area contributed by atoms with Crippen molar-refractivity contribution in [3.05, 3.63) is 109 Å². The molecular formula is C33H27N3. The molecule has 0 amide bonds. The van der Waals surface area contributed by atoms with Crippen molar-refractivity contribution in [2.45, 2.75) is 19.8 Å². The molecule has 2 aromatic heterocycles. The monoisotopic (exact) mass is 465 g/mol. The number of nitrogens with zero attached hydrogens (tertiary/aromatic N) is 1. The van der Waals surface area contributed by atoms with E-state index in [1.54, 1.807) is 4.68 Å². The summed E-state index contributed by atoms with van der Waals surface area (Å²) in [6, 6.07) is 36.9. The third kappa shape index (κ3) is 2.93. The molecule has 36 heavy (non-hydrogen) atoms. The van der Waals surface area contributed by atoms with Crippen LogP contribution in [0.1, 0.15) is 25.3 Å². The third-order valence-electron chi connectivity index (χ3n) is 7.55. The average molecular weight is 466 g/mol. The average Bonchev–Trinajstić information content (AvgIpc) is 3.44. The summed E-state index contributed by atoms with van der Waals surface area (Å²) in [5, 5.41) is 4.91. The summed E-state index contributed by atoms with van der Waals surface area (Å²) in [7, 11) is 0. The molecule has 0 radical (unpaired) electrons. The van der Waals surface area contributed by atoms with Crippen molar-refractivity contribution in [3.8, 4) is 22.3 Å². The van der Waals surface area contributed by atoms with E-state index in [0.717, 1.165) is 11.0 Å². The van der Waals surface area contributed by atoms with Crippen molar-refractivity contribution >= 4 is 43.6 Å². The molecule has 3 N–H and O–H groups in total. The van der Waals surface area contributed by atoms with Gasteiger partial charge in [-0.05, 0) is 58.0 Å². The van der Waals surface area contributed by atoms with Gasteiger partial charge in [0, 0.05) is 32.6 Å². The Morgan fingerprint density at radius 2 is 1.33 bits per heavy atom. The molecule has 3 heteroatoms. The Bertz CT molecular complexity index is 1930. The number of nitrogen functional groups attached to an aromatic ring is 1. The second-order valence-corrected chi connectivity index (χ2v) is 9.94. The molecule has 0 aliphatic carbocycles. The minimum Gasteiger partial charge on any atom is -0.354 e. The van der Waals surface area contributed by atoms with Crippen molar-refractivity contribution < 1.29 is 0 Å². The van der Waals surface area contributed by atoms with Gasteiger partial charge >= 0.3 is 0 Å². The van der Waals surface area contributed by atoms with Crippen LogP contribution in [0.15, 0.2) is 103 Å². The molecule has 174 valence electrons. The maximum Gasteiger partial charge on any atom is 0.0704 e. The second kappa shape index (κ2) is 7.76. The Balaban J connectivity index is 1.50. The van der Waals surface area contributed by atoms with E-state index in [1.165, 1.54) is 60.4 Å². The Kier molecular flexibility index (Phi) is 4.49. The number of fused-ring (bicyclic) bond motifs is 6. The summed E-state index contributed by atoms with van der Waals surface area (Å²) >= 11 is 0. The van der Waals surface area contributed by atoms with Crippen LogP contribution in [0.4, 0.5) is 0 Å². The van der Waals surface area contributed by atoms with E-state index in [2.05, 4.69) is 116 Å². The van der Waals surface area contributed by atoms with E-state index in [9.17, 15) is 0 Å². The van der Waals surface area contributed by atoms with Gasteiger partial charge in [0.15, 0.2) is 0 Å². The quantitative estimate of drug-likeness (QED) is 0.252. The van der Waals surface area contributed by atoms with Gasteiger partial charge in [-0.15, -0.1) is 0 Å². The minimum absolute atomic E-state index is 0.453. The van der Waals surface area contributed by atoms with E-state index >= 15 is 0 Å². The number of H-pyrrole nitrogens is 1. The van der Waals surface area contributed by atoms with Gasteiger partial charge in [0.05, 0.1) is 11.0 Å². The van der Waals surface area contributed by atoms with Gasteiger partial charge < -0.3 is 10.8 Å². The largest absolute Gasteiger partial charge is 0.354 e. The molecule has 3 nitrogen and oxygen atoms in total. The van der Waals surface area contributed by atoms with Crippen molar-refractivity contribution in [1.82, 2.24) is 9.66 Å². The Labute approximate surface area is 209 Å². The summed E-state index contributed by atoms with van der Waals surface area (Å²) in [4.78, 5) is 3.73. The number of benzene rings is 5. The molecule has 2 heterocycles. The second-order valence-electron chi connectivity index (χ2n) is 9.94. The molecule has 0 unspecified atom stereocenters. The number of aromatic amines is 1. The first-order valence-corrected chi connectivity index (χ1v) is 12.5. The fourth-order valence-corrected chi connectivity index (χ4v) is 5.85. The van der Waals surface area contributed by atoms with Gasteiger partial charge in [-0.3, -0.25) is 4.68 Å². The third-order valence-corrected chi connectivity index (χ3v) is 7.55. The fraction of sp³-hybridized carbons (Fsp3) is 0.0909. The molecule has 0 saturated carbocycles. The predicted molar refractivity (Wildman–Crippen MR) is 154 cm³/mol. The highest BCUT2D eigenvalue weighted by molar-refractivity contribution is 6.16. The van der Waals surface area contributed by atoms with Crippen LogP contribution in [0.25, 0.3) is 65.9 Å². The number of nitrogens with two attached hydrogens (primary N) is 1. The predicted octanol–water partition coefficient (Wildman–Crippen LogP) is 8.60. The highest BCUT2D eigenvalue weighted by Gasteiger charge is 2.17. The van der Waals surface area contributed by atoms with Crippen LogP contribution in [0.3, 0.4) is 0 Å². The SMILES string of the molecule is CC(C)c1cccc2c1[nH]c1cccc(-c3ccccc3-c3ccc4c(c3)c3ccccc3n4N)c12. The van der Waals surface area contributed by atoms with E-state index in [1.807, 2.05) is 6.07 Å². The van der Waals surface area contributed by atoms with E-state index < -0.39 is 0 Å². The van der Waals surface area contributed by atoms with Gasteiger partial charge in [0.2, 0.25) is 0 Å². The van der Waals surface area contributed by atoms with Crippen molar-refractivity contribution in [2.75, 3.05) is 5.84 Å². The standard InChI is InChI=1S/C33H27N3/c1-20(2)22-12-7-14-27-32-26(13-8-15-29(32)35-33(22)27)24-10-4-3-9-23(24)21-17-18-31-28(19-21)25-11-5-6-16-30(25)36(31)34/h3-20,35H,34H2,1-2H3. The summed E-state index contributed by atoms with van der Waals surface area (Å²) in [6.07, 6.45) is 0. The number of hydrogen-bond donors (Lipinski definition) is 2. The van der Waals surface area contributed by atoms with Gasteiger partial charge in [-0.2, -0.15) is 0 Å². The molecule has 7 rings (SSSR count). The van der Waals surface area contributed by atoms with Crippen LogP contribution in [0.5, 0.6) is 0 Å². The van der Waals surface area contributed by atoms with Crippen molar-refractivity contribution in [1.29, 1.82) is 0 Å².